The van der Waals surface area contributed by atoms with E-state index in [2.05, 4.69) is 22.2 Å². The van der Waals surface area contributed by atoms with E-state index >= 15 is 0 Å². The molecule has 2 aliphatic heterocycles. The van der Waals surface area contributed by atoms with Crippen LogP contribution < -0.4 is 10.1 Å². The second-order valence-electron chi connectivity index (χ2n) is 9.70. The Morgan fingerprint density at radius 2 is 2.03 bits per heavy atom. The minimum Gasteiger partial charge on any atom is -0.478 e. The number of carbonyl (C=O) groups excluding carboxylic acids is 1. The fraction of sp³-hybridized carbons (Fsp3) is 0.462. The van der Waals surface area contributed by atoms with Gasteiger partial charge in [0.05, 0.1) is 31.1 Å². The maximum atomic E-state index is 14.5. The molecular formula is C26H31FN4O3. The second kappa shape index (κ2) is 8.91. The largest absolute Gasteiger partial charge is 0.478 e. The van der Waals surface area contributed by atoms with E-state index in [4.69, 9.17) is 14.5 Å². The molecule has 1 saturated heterocycles. The summed E-state index contributed by atoms with van der Waals surface area (Å²) in [7, 11) is 0. The van der Waals surface area contributed by atoms with E-state index in [1.165, 1.54) is 26.1 Å². The number of aromatic nitrogens is 2. The second-order valence-corrected chi connectivity index (χ2v) is 9.70. The molecule has 2 aliphatic rings. The molecule has 0 saturated carbocycles. The molecule has 1 fully saturated rings. The first kappa shape index (κ1) is 24.0. The maximum absolute atomic E-state index is 14.5. The predicted octanol–water partition coefficient (Wildman–Crippen LogP) is 4.49. The number of carbonyl (C=O) groups is 1. The Bertz CT molecular complexity index is 1130. The summed E-state index contributed by atoms with van der Waals surface area (Å²) in [4.78, 5) is 26.6. The van der Waals surface area contributed by atoms with Gasteiger partial charge < -0.3 is 14.8 Å². The summed E-state index contributed by atoms with van der Waals surface area (Å²) >= 11 is 0. The van der Waals surface area contributed by atoms with Gasteiger partial charge in [-0.05, 0) is 57.0 Å². The molecule has 0 aromatic carbocycles. The van der Waals surface area contributed by atoms with Gasteiger partial charge in [-0.1, -0.05) is 6.92 Å². The summed E-state index contributed by atoms with van der Waals surface area (Å²) in [6, 6.07) is 6.89. The number of halogens is 1. The zero-order valence-corrected chi connectivity index (χ0v) is 20.3. The molecule has 1 atom stereocenters. The van der Waals surface area contributed by atoms with E-state index < -0.39 is 11.2 Å². The van der Waals surface area contributed by atoms with Gasteiger partial charge >= 0.3 is 0 Å². The summed E-state index contributed by atoms with van der Waals surface area (Å²) in [6.07, 6.45) is 5.59. The number of hydrogen-bond acceptors (Lipinski definition) is 6. The molecule has 7 nitrogen and oxygen atoms in total. The lowest BCUT2D eigenvalue weighted by Crippen LogP contribution is -2.68. The smallest absolute Gasteiger partial charge is 0.252 e. The monoisotopic (exact) mass is 466 g/mol. The number of alkyl halides is 1. The van der Waals surface area contributed by atoms with Crippen LogP contribution in [0.25, 0.3) is 5.57 Å². The van der Waals surface area contributed by atoms with Gasteiger partial charge in [-0.3, -0.25) is 14.8 Å². The third-order valence-electron chi connectivity index (χ3n) is 6.63. The van der Waals surface area contributed by atoms with Crippen molar-refractivity contribution in [2.45, 2.75) is 52.2 Å². The molecule has 1 N–H and O–H groups in total. The van der Waals surface area contributed by atoms with E-state index in [9.17, 15) is 9.18 Å². The summed E-state index contributed by atoms with van der Waals surface area (Å²) < 4.78 is 25.5. The number of pyridine rings is 2. The predicted molar refractivity (Wildman–Crippen MR) is 129 cm³/mol. The van der Waals surface area contributed by atoms with Gasteiger partial charge in [-0.2, -0.15) is 0 Å². The van der Waals surface area contributed by atoms with Crippen molar-refractivity contribution in [3.63, 3.8) is 0 Å². The highest BCUT2D eigenvalue weighted by Gasteiger charge is 2.54. The van der Waals surface area contributed by atoms with Gasteiger partial charge in [0.25, 0.3) is 5.91 Å². The number of amides is 1. The van der Waals surface area contributed by atoms with Crippen LogP contribution in [0.1, 0.15) is 62.7 Å². The van der Waals surface area contributed by atoms with Crippen molar-refractivity contribution in [2.24, 2.45) is 10.4 Å². The maximum Gasteiger partial charge on any atom is 0.252 e. The van der Waals surface area contributed by atoms with Crippen LogP contribution in [0.3, 0.4) is 0 Å². The third kappa shape index (κ3) is 4.46. The molecule has 8 heteroatoms. The van der Waals surface area contributed by atoms with Crippen LogP contribution in [0.15, 0.2) is 47.3 Å². The molecule has 0 aliphatic carbocycles. The van der Waals surface area contributed by atoms with Crippen LogP contribution in [-0.4, -0.2) is 47.4 Å². The van der Waals surface area contributed by atoms with Crippen molar-refractivity contribution < 1.29 is 18.7 Å². The van der Waals surface area contributed by atoms with E-state index in [0.717, 1.165) is 16.8 Å². The zero-order valence-electron chi connectivity index (χ0n) is 20.3. The standard InChI is InChI=1S/C26H31FN4O3/c1-6-34-22-8-7-19(13-29-22)20-12-26(14-30-17(20)2,25(5)15-33-16-25)31-23(32)18-9-10-28-21(11-18)24(3,4)27/h7-11,13-14H,6,12,15-16H2,1-5H3,(H,31,32). The zero-order chi connectivity index (χ0) is 24.6. The average molecular weight is 467 g/mol. The fourth-order valence-corrected chi connectivity index (χ4v) is 4.27. The van der Waals surface area contributed by atoms with Crippen molar-refractivity contribution in [3.8, 4) is 5.88 Å². The number of rotatable bonds is 7. The number of nitrogens with zero attached hydrogens (tertiary/aromatic N) is 3. The minimum atomic E-state index is -1.65. The molecule has 4 heterocycles. The van der Waals surface area contributed by atoms with Crippen LogP contribution in [0.2, 0.25) is 0 Å². The molecule has 1 unspecified atom stereocenters. The first-order valence-electron chi connectivity index (χ1n) is 11.5. The molecule has 180 valence electrons. The van der Waals surface area contributed by atoms with Gasteiger partial charge in [-0.15, -0.1) is 0 Å². The van der Waals surface area contributed by atoms with Crippen LogP contribution in [-0.2, 0) is 10.4 Å². The molecule has 0 bridgehead atoms. The number of hydrogen-bond donors (Lipinski definition) is 1. The van der Waals surface area contributed by atoms with E-state index in [1.54, 1.807) is 12.3 Å². The van der Waals surface area contributed by atoms with Crippen molar-refractivity contribution in [1.29, 1.82) is 0 Å². The molecule has 34 heavy (non-hydrogen) atoms. The normalized spacial score (nSPS) is 21.7. The molecular weight excluding hydrogens is 435 g/mol. The van der Waals surface area contributed by atoms with Gasteiger partial charge in [0.1, 0.15) is 5.67 Å². The SMILES string of the molecule is CCOc1ccc(C2=C(C)N=CC(NC(=O)c3ccnc(C(C)(C)F)c3)(C3(C)COC3)C2)cn1. The number of aliphatic imine (C=N–C) groups is 1. The summed E-state index contributed by atoms with van der Waals surface area (Å²) in [5.74, 6) is 0.253. The number of ether oxygens (including phenoxy) is 2. The third-order valence-corrected chi connectivity index (χ3v) is 6.63. The van der Waals surface area contributed by atoms with Crippen molar-refractivity contribution in [2.75, 3.05) is 19.8 Å². The van der Waals surface area contributed by atoms with Gasteiger partial charge in [0.15, 0.2) is 0 Å². The van der Waals surface area contributed by atoms with Crippen LogP contribution >= 0.6 is 0 Å². The quantitative estimate of drug-likeness (QED) is 0.650. The molecule has 1 amide bonds. The van der Waals surface area contributed by atoms with Crippen LogP contribution in [0.5, 0.6) is 5.88 Å². The Morgan fingerprint density at radius 1 is 1.26 bits per heavy atom. The Morgan fingerprint density at radius 3 is 2.62 bits per heavy atom. The Kier molecular flexibility index (Phi) is 6.29. The van der Waals surface area contributed by atoms with Crippen LogP contribution in [0, 0.1) is 5.41 Å². The molecule has 2 aromatic heterocycles. The fourth-order valence-electron chi connectivity index (χ4n) is 4.27. The van der Waals surface area contributed by atoms with E-state index in [0.29, 0.717) is 37.7 Å². The summed E-state index contributed by atoms with van der Waals surface area (Å²) in [5.41, 5.74) is 0.546. The highest BCUT2D eigenvalue weighted by atomic mass is 19.1. The number of nitrogens with one attached hydrogen (secondary N) is 1. The van der Waals surface area contributed by atoms with Gasteiger partial charge in [0, 0.05) is 47.8 Å². The first-order valence-corrected chi connectivity index (χ1v) is 11.5. The molecule has 2 aromatic rings. The van der Waals surface area contributed by atoms with Crippen molar-refractivity contribution >= 4 is 17.7 Å². The lowest BCUT2D eigenvalue weighted by molar-refractivity contribution is -0.131. The topological polar surface area (TPSA) is 85.7 Å². The van der Waals surface area contributed by atoms with Crippen molar-refractivity contribution in [1.82, 2.24) is 15.3 Å². The molecule has 0 spiro atoms. The van der Waals surface area contributed by atoms with Crippen LogP contribution in [0.4, 0.5) is 4.39 Å². The molecule has 4 rings (SSSR count). The Balaban J connectivity index is 1.66. The highest BCUT2D eigenvalue weighted by molar-refractivity contribution is 5.98. The van der Waals surface area contributed by atoms with Crippen molar-refractivity contribution in [3.05, 3.63) is 59.2 Å². The summed E-state index contributed by atoms with van der Waals surface area (Å²) in [6.45, 7) is 10.3. The van der Waals surface area contributed by atoms with E-state index in [1.807, 2.05) is 32.2 Å². The van der Waals surface area contributed by atoms with Gasteiger partial charge in [0.2, 0.25) is 5.88 Å². The minimum absolute atomic E-state index is 0.210. The summed E-state index contributed by atoms with van der Waals surface area (Å²) in [5, 5.41) is 3.22. The van der Waals surface area contributed by atoms with E-state index in [-0.39, 0.29) is 17.0 Å². The lowest BCUT2D eigenvalue weighted by Gasteiger charge is -2.53. The Labute approximate surface area is 199 Å². The number of allylic oxidation sites excluding steroid dienone is 1. The molecule has 0 radical (unpaired) electrons. The van der Waals surface area contributed by atoms with Gasteiger partial charge in [-0.25, -0.2) is 9.37 Å². The lowest BCUT2D eigenvalue weighted by atomic mass is 9.65. The average Bonchev–Trinajstić information content (AvgIpc) is 2.79. The Hall–Kier alpha value is -3.13. The first-order chi connectivity index (χ1) is 16.1. The highest BCUT2D eigenvalue weighted by Crippen LogP contribution is 2.45.